The van der Waals surface area contributed by atoms with E-state index in [-0.39, 0.29) is 11.3 Å². The van der Waals surface area contributed by atoms with Gasteiger partial charge in [0, 0.05) is 36.2 Å². The third-order valence-electron chi connectivity index (χ3n) is 6.69. The number of benzene rings is 2. The van der Waals surface area contributed by atoms with Gasteiger partial charge in [0.2, 0.25) is 0 Å². The number of rotatable bonds is 5. The van der Waals surface area contributed by atoms with Crippen LogP contribution < -0.4 is 14.5 Å². The summed E-state index contributed by atoms with van der Waals surface area (Å²) in [7, 11) is 1.54. The summed E-state index contributed by atoms with van der Waals surface area (Å²) in [4.78, 5) is 34.9. The van der Waals surface area contributed by atoms with E-state index >= 15 is 0 Å². The maximum atomic E-state index is 13.4. The van der Waals surface area contributed by atoms with Gasteiger partial charge in [-0.05, 0) is 89.8 Å². The molecule has 2 aromatic carbocycles. The molecule has 1 aromatic heterocycles. The summed E-state index contributed by atoms with van der Waals surface area (Å²) in [6.07, 6.45) is 5.18. The Morgan fingerprint density at radius 2 is 1.72 bits per heavy atom. The number of aliphatic hydroxyl groups excluding tert-OH is 1. The minimum atomic E-state index is -0.868. The van der Waals surface area contributed by atoms with Gasteiger partial charge >= 0.3 is 0 Å². The molecule has 3 aromatic rings. The van der Waals surface area contributed by atoms with Crippen molar-refractivity contribution in [3.8, 4) is 5.75 Å². The largest absolute Gasteiger partial charge is 0.507 e. The maximum absolute atomic E-state index is 13.4. The Balaban J connectivity index is 1.59. The first-order chi connectivity index (χ1) is 17.5. The summed E-state index contributed by atoms with van der Waals surface area (Å²) in [5, 5.41) is 11.3. The standard InChI is InChI=1S/C28H26BrN3O4/c1-36-23-13-8-18(17-21(23)29)26(33)24-25(22-7-3-4-14-30-22)32(28(35)27(24)34)20-11-9-19(10-12-20)31-15-5-2-6-16-31/h3-4,7-14,17,25,33H,2,5-6,15-16H2,1H3/b26-24-. The summed E-state index contributed by atoms with van der Waals surface area (Å²) < 4.78 is 5.89. The molecule has 0 spiro atoms. The molecule has 0 saturated carbocycles. The fourth-order valence-electron chi connectivity index (χ4n) is 4.86. The van der Waals surface area contributed by atoms with Crippen molar-refractivity contribution in [2.24, 2.45) is 0 Å². The Morgan fingerprint density at radius 1 is 1.00 bits per heavy atom. The number of amides is 1. The Labute approximate surface area is 218 Å². The number of pyridine rings is 1. The number of aromatic nitrogens is 1. The summed E-state index contributed by atoms with van der Waals surface area (Å²) >= 11 is 3.42. The van der Waals surface area contributed by atoms with Gasteiger partial charge < -0.3 is 14.7 Å². The highest BCUT2D eigenvalue weighted by Gasteiger charge is 2.47. The number of nitrogens with zero attached hydrogens (tertiary/aromatic N) is 3. The molecule has 36 heavy (non-hydrogen) atoms. The van der Waals surface area contributed by atoms with Crippen LogP contribution in [0.5, 0.6) is 5.75 Å². The zero-order valence-corrected chi connectivity index (χ0v) is 21.4. The van der Waals surface area contributed by atoms with Crippen LogP contribution in [-0.4, -0.2) is 42.0 Å². The second-order valence-corrected chi connectivity index (χ2v) is 9.69. The molecule has 2 aliphatic heterocycles. The van der Waals surface area contributed by atoms with E-state index < -0.39 is 17.7 Å². The number of carbonyl (C=O) groups is 2. The lowest BCUT2D eigenvalue weighted by atomic mass is 9.98. The number of piperidine rings is 1. The molecular formula is C28H26BrN3O4. The van der Waals surface area contributed by atoms with Crippen LogP contribution in [0, 0.1) is 0 Å². The van der Waals surface area contributed by atoms with Crippen LogP contribution in [0.3, 0.4) is 0 Å². The Hall–Kier alpha value is -3.65. The van der Waals surface area contributed by atoms with Crippen LogP contribution >= 0.6 is 15.9 Å². The highest BCUT2D eigenvalue weighted by atomic mass is 79.9. The molecule has 1 N–H and O–H groups in total. The average Bonchev–Trinajstić information content (AvgIpc) is 3.19. The zero-order valence-electron chi connectivity index (χ0n) is 19.9. The van der Waals surface area contributed by atoms with Crippen molar-refractivity contribution in [2.75, 3.05) is 30.0 Å². The topological polar surface area (TPSA) is 83.0 Å². The van der Waals surface area contributed by atoms with Crippen LogP contribution in [0.15, 0.2) is 76.9 Å². The zero-order chi connectivity index (χ0) is 25.2. The lowest BCUT2D eigenvalue weighted by molar-refractivity contribution is -0.132. The van der Waals surface area contributed by atoms with Gasteiger partial charge in [0.15, 0.2) is 0 Å². The molecule has 2 fully saturated rings. The van der Waals surface area contributed by atoms with E-state index in [1.165, 1.54) is 11.3 Å². The predicted octanol–water partition coefficient (Wildman–Crippen LogP) is 5.47. The van der Waals surface area contributed by atoms with Gasteiger partial charge in [0.05, 0.1) is 22.8 Å². The van der Waals surface area contributed by atoms with E-state index in [0.29, 0.717) is 27.2 Å². The van der Waals surface area contributed by atoms with Gasteiger partial charge in [-0.15, -0.1) is 0 Å². The van der Waals surface area contributed by atoms with E-state index in [9.17, 15) is 14.7 Å². The summed E-state index contributed by atoms with van der Waals surface area (Å²) in [5.41, 5.74) is 2.54. The van der Waals surface area contributed by atoms with Crippen molar-refractivity contribution >= 4 is 44.8 Å². The predicted molar refractivity (Wildman–Crippen MR) is 142 cm³/mol. The van der Waals surface area contributed by atoms with E-state index in [1.807, 2.05) is 24.3 Å². The number of carbonyl (C=O) groups excluding carboxylic acids is 2. The molecule has 184 valence electrons. The minimum absolute atomic E-state index is 0.00382. The molecule has 0 radical (unpaired) electrons. The lowest BCUT2D eigenvalue weighted by Gasteiger charge is -2.30. The van der Waals surface area contributed by atoms with Crippen LogP contribution in [0.25, 0.3) is 5.76 Å². The fraction of sp³-hybridized carbons (Fsp3) is 0.250. The van der Waals surface area contributed by atoms with Gasteiger partial charge in [0.1, 0.15) is 17.6 Å². The van der Waals surface area contributed by atoms with E-state index in [4.69, 9.17) is 4.74 Å². The number of hydrogen-bond acceptors (Lipinski definition) is 6. The number of halogens is 1. The fourth-order valence-corrected chi connectivity index (χ4v) is 5.40. The summed E-state index contributed by atoms with van der Waals surface area (Å²) in [6, 6.07) is 17.1. The Morgan fingerprint density at radius 3 is 2.36 bits per heavy atom. The maximum Gasteiger partial charge on any atom is 0.300 e. The van der Waals surface area contributed by atoms with Gasteiger partial charge in [-0.25, -0.2) is 0 Å². The number of ether oxygens (including phenoxy) is 1. The number of aliphatic hydroxyl groups is 1. The van der Waals surface area contributed by atoms with E-state index in [1.54, 1.807) is 49.7 Å². The number of Topliss-reactive ketones (excluding diaryl/α,β-unsaturated/α-hetero) is 1. The van der Waals surface area contributed by atoms with E-state index in [2.05, 4.69) is 25.8 Å². The first-order valence-electron chi connectivity index (χ1n) is 11.9. The van der Waals surface area contributed by atoms with Gasteiger partial charge in [-0.2, -0.15) is 0 Å². The molecule has 1 atom stereocenters. The highest BCUT2D eigenvalue weighted by molar-refractivity contribution is 9.10. The lowest BCUT2D eigenvalue weighted by Crippen LogP contribution is -2.31. The molecule has 3 heterocycles. The molecular weight excluding hydrogens is 522 g/mol. The molecule has 1 amide bonds. The third kappa shape index (κ3) is 4.37. The van der Waals surface area contributed by atoms with Crippen molar-refractivity contribution in [3.63, 3.8) is 0 Å². The van der Waals surface area contributed by atoms with Crippen molar-refractivity contribution in [1.82, 2.24) is 4.98 Å². The summed E-state index contributed by atoms with van der Waals surface area (Å²) in [5.74, 6) is -1.14. The molecule has 5 rings (SSSR count). The Bertz CT molecular complexity index is 1320. The average molecular weight is 548 g/mol. The van der Waals surface area contributed by atoms with Crippen LogP contribution in [0.2, 0.25) is 0 Å². The number of ketones is 1. The number of methoxy groups -OCH3 is 1. The van der Waals surface area contributed by atoms with Crippen molar-refractivity contribution in [2.45, 2.75) is 25.3 Å². The first-order valence-corrected chi connectivity index (χ1v) is 12.7. The monoisotopic (exact) mass is 547 g/mol. The second-order valence-electron chi connectivity index (χ2n) is 8.84. The number of anilines is 2. The quantitative estimate of drug-likeness (QED) is 0.259. The Kier molecular flexibility index (Phi) is 6.78. The normalized spacial score (nSPS) is 19.6. The SMILES string of the molecule is COc1ccc(/C(O)=C2/C(=O)C(=O)N(c3ccc(N4CCCCC4)cc3)C2c2ccccn2)cc1Br. The van der Waals surface area contributed by atoms with Crippen LogP contribution in [0.4, 0.5) is 11.4 Å². The van der Waals surface area contributed by atoms with Crippen LogP contribution in [0.1, 0.15) is 36.6 Å². The van der Waals surface area contributed by atoms with Crippen LogP contribution in [-0.2, 0) is 9.59 Å². The first kappa shape index (κ1) is 24.1. The van der Waals surface area contributed by atoms with Gasteiger partial charge in [-0.1, -0.05) is 6.07 Å². The summed E-state index contributed by atoms with van der Waals surface area (Å²) in [6.45, 7) is 2.02. The van der Waals surface area contributed by atoms with Gasteiger partial charge in [0.25, 0.3) is 11.7 Å². The molecule has 1 unspecified atom stereocenters. The van der Waals surface area contributed by atoms with E-state index in [0.717, 1.165) is 31.6 Å². The van der Waals surface area contributed by atoms with Crippen molar-refractivity contribution in [1.29, 1.82) is 0 Å². The highest BCUT2D eigenvalue weighted by Crippen LogP contribution is 2.42. The molecule has 2 saturated heterocycles. The van der Waals surface area contributed by atoms with Gasteiger partial charge in [-0.3, -0.25) is 19.5 Å². The molecule has 0 aliphatic carbocycles. The minimum Gasteiger partial charge on any atom is -0.507 e. The molecule has 8 heteroatoms. The van der Waals surface area contributed by atoms with Crippen molar-refractivity contribution < 1.29 is 19.4 Å². The second kappa shape index (κ2) is 10.1. The number of hydrogen-bond donors (Lipinski definition) is 1. The molecule has 0 bridgehead atoms. The molecule has 2 aliphatic rings. The third-order valence-corrected chi connectivity index (χ3v) is 7.31. The smallest absolute Gasteiger partial charge is 0.300 e. The molecule has 7 nitrogen and oxygen atoms in total. The van der Waals surface area contributed by atoms with Crippen molar-refractivity contribution in [3.05, 3.63) is 88.2 Å².